The number of amides is 2. The largest absolute Gasteiger partial charge is 0.352 e. The zero-order valence-corrected chi connectivity index (χ0v) is 18.9. The molecule has 0 fully saturated rings. The van der Waals surface area contributed by atoms with Gasteiger partial charge in [0.15, 0.2) is 0 Å². The first-order chi connectivity index (χ1) is 14.8. The van der Waals surface area contributed by atoms with Crippen LogP contribution in [0.4, 0.5) is 5.69 Å². The summed E-state index contributed by atoms with van der Waals surface area (Å²) in [6.45, 7) is 6.04. The number of rotatable bonds is 11. The highest BCUT2D eigenvalue weighted by molar-refractivity contribution is 7.99. The highest BCUT2D eigenvalue weighted by Gasteiger charge is 2.26. The van der Waals surface area contributed by atoms with E-state index in [1.165, 1.54) is 23.9 Å². The van der Waals surface area contributed by atoms with Crippen LogP contribution in [0.2, 0.25) is 0 Å². The fourth-order valence-corrected chi connectivity index (χ4v) is 3.75. The molecule has 0 saturated heterocycles. The topological polar surface area (TPSA) is 92.6 Å². The van der Waals surface area contributed by atoms with E-state index in [2.05, 4.69) is 5.32 Å². The second-order valence-electron chi connectivity index (χ2n) is 7.42. The number of non-ortho nitro benzene ring substituents is 1. The van der Waals surface area contributed by atoms with Crippen molar-refractivity contribution in [1.29, 1.82) is 0 Å². The Labute approximate surface area is 187 Å². The van der Waals surface area contributed by atoms with Gasteiger partial charge in [-0.15, -0.1) is 11.8 Å². The Balaban J connectivity index is 2.02. The minimum Gasteiger partial charge on any atom is -0.352 e. The number of hydrogen-bond acceptors (Lipinski definition) is 5. The van der Waals surface area contributed by atoms with Gasteiger partial charge in [-0.25, -0.2) is 0 Å². The van der Waals surface area contributed by atoms with E-state index in [1.54, 1.807) is 24.0 Å². The zero-order valence-electron chi connectivity index (χ0n) is 18.1. The normalized spacial score (nSPS) is 12.6. The van der Waals surface area contributed by atoms with Crippen molar-refractivity contribution >= 4 is 29.3 Å². The summed E-state index contributed by atoms with van der Waals surface area (Å²) >= 11 is 1.42. The maximum atomic E-state index is 13.0. The first-order valence-electron chi connectivity index (χ1n) is 10.3. The molecular weight excluding hydrogens is 414 g/mol. The van der Waals surface area contributed by atoms with Crippen LogP contribution >= 0.6 is 11.8 Å². The lowest BCUT2D eigenvalue weighted by Crippen LogP contribution is -2.50. The predicted molar refractivity (Wildman–Crippen MR) is 124 cm³/mol. The van der Waals surface area contributed by atoms with Crippen molar-refractivity contribution in [1.82, 2.24) is 10.2 Å². The van der Waals surface area contributed by atoms with Crippen molar-refractivity contribution in [3.8, 4) is 0 Å². The number of nitro groups is 1. The lowest BCUT2D eigenvalue weighted by Gasteiger charge is -2.29. The smallest absolute Gasteiger partial charge is 0.269 e. The maximum absolute atomic E-state index is 13.0. The number of nitro benzene ring substituents is 1. The molecule has 2 aromatic carbocycles. The van der Waals surface area contributed by atoms with Gasteiger partial charge in [0.05, 0.1) is 10.7 Å². The standard InChI is InChI=1S/C23H29N3O4S/c1-4-17(2)24-23(28)18(3)25(14-19-8-6-5-7-9-19)22(27)16-31-15-20-10-12-21(13-11-20)26(29)30/h5-13,17-18H,4,14-16H2,1-3H3,(H,24,28)/t17-,18+/m0/s1. The zero-order chi connectivity index (χ0) is 22.8. The number of nitrogens with one attached hydrogen (secondary N) is 1. The summed E-state index contributed by atoms with van der Waals surface area (Å²) in [6, 6.07) is 15.3. The summed E-state index contributed by atoms with van der Waals surface area (Å²) in [7, 11) is 0. The van der Waals surface area contributed by atoms with E-state index >= 15 is 0 Å². The van der Waals surface area contributed by atoms with Gasteiger partial charge in [0.1, 0.15) is 6.04 Å². The quantitative estimate of drug-likeness (QED) is 0.416. The van der Waals surface area contributed by atoms with Crippen LogP contribution in [0.1, 0.15) is 38.3 Å². The number of benzene rings is 2. The lowest BCUT2D eigenvalue weighted by atomic mass is 10.1. The van der Waals surface area contributed by atoms with Crippen molar-refractivity contribution in [2.24, 2.45) is 0 Å². The molecular formula is C23H29N3O4S. The third-order valence-electron chi connectivity index (χ3n) is 5.01. The minimum absolute atomic E-state index is 0.0417. The Morgan fingerprint density at radius 1 is 1.06 bits per heavy atom. The fourth-order valence-electron chi connectivity index (χ4n) is 2.88. The molecule has 0 spiro atoms. The molecule has 0 heterocycles. The van der Waals surface area contributed by atoms with Gasteiger partial charge in [-0.05, 0) is 31.4 Å². The number of thioether (sulfide) groups is 1. The molecule has 166 valence electrons. The van der Waals surface area contributed by atoms with Crippen molar-refractivity contribution in [2.75, 3.05) is 5.75 Å². The summed E-state index contributed by atoms with van der Waals surface area (Å²) < 4.78 is 0. The second-order valence-corrected chi connectivity index (χ2v) is 8.40. The van der Waals surface area contributed by atoms with Gasteiger partial charge in [0.25, 0.3) is 5.69 Å². The van der Waals surface area contributed by atoms with Crippen molar-refractivity contribution in [2.45, 2.75) is 51.6 Å². The Hall–Kier alpha value is -2.87. The predicted octanol–water partition coefficient (Wildman–Crippen LogP) is 4.16. The molecule has 0 bridgehead atoms. The summed E-state index contributed by atoms with van der Waals surface area (Å²) in [4.78, 5) is 37.6. The van der Waals surface area contributed by atoms with Gasteiger partial charge in [-0.2, -0.15) is 0 Å². The van der Waals surface area contributed by atoms with Crippen LogP contribution in [0.3, 0.4) is 0 Å². The van der Waals surface area contributed by atoms with Crippen LogP contribution in [0.15, 0.2) is 54.6 Å². The van der Waals surface area contributed by atoms with Crippen molar-refractivity contribution < 1.29 is 14.5 Å². The summed E-state index contributed by atoms with van der Waals surface area (Å²) in [6.07, 6.45) is 0.816. The number of hydrogen-bond donors (Lipinski definition) is 1. The first-order valence-corrected chi connectivity index (χ1v) is 11.4. The molecule has 1 N–H and O–H groups in total. The molecule has 2 rings (SSSR count). The first kappa shape index (κ1) is 24.4. The van der Waals surface area contributed by atoms with E-state index in [9.17, 15) is 19.7 Å². The number of carbonyl (C=O) groups is 2. The average molecular weight is 444 g/mol. The maximum Gasteiger partial charge on any atom is 0.269 e. The van der Waals surface area contributed by atoms with Crippen LogP contribution < -0.4 is 5.32 Å². The molecule has 7 nitrogen and oxygen atoms in total. The Bertz CT molecular complexity index is 874. The van der Waals surface area contributed by atoms with Crippen LogP contribution in [0.5, 0.6) is 0 Å². The monoisotopic (exact) mass is 443 g/mol. The van der Waals surface area contributed by atoms with E-state index in [1.807, 2.05) is 44.2 Å². The van der Waals surface area contributed by atoms with Gasteiger partial charge in [0.2, 0.25) is 11.8 Å². The van der Waals surface area contributed by atoms with Crippen LogP contribution in [0.25, 0.3) is 0 Å². The summed E-state index contributed by atoms with van der Waals surface area (Å²) in [5, 5.41) is 13.7. The van der Waals surface area contributed by atoms with Gasteiger partial charge in [0, 0.05) is 30.5 Å². The van der Waals surface area contributed by atoms with Gasteiger partial charge < -0.3 is 10.2 Å². The van der Waals surface area contributed by atoms with Crippen molar-refractivity contribution in [3.63, 3.8) is 0 Å². The summed E-state index contributed by atoms with van der Waals surface area (Å²) in [5.41, 5.74) is 1.90. The van der Waals surface area contributed by atoms with E-state index < -0.39 is 11.0 Å². The molecule has 0 aliphatic heterocycles. The molecule has 0 aromatic heterocycles. The Morgan fingerprint density at radius 3 is 2.29 bits per heavy atom. The highest BCUT2D eigenvalue weighted by Crippen LogP contribution is 2.18. The van der Waals surface area contributed by atoms with Crippen LogP contribution in [-0.4, -0.2) is 39.5 Å². The van der Waals surface area contributed by atoms with Gasteiger partial charge in [-0.1, -0.05) is 49.4 Å². The lowest BCUT2D eigenvalue weighted by molar-refractivity contribution is -0.384. The molecule has 0 radical (unpaired) electrons. The minimum atomic E-state index is -0.596. The van der Waals surface area contributed by atoms with Crippen LogP contribution in [0, 0.1) is 10.1 Å². The van der Waals surface area contributed by atoms with E-state index in [4.69, 9.17) is 0 Å². The van der Waals surface area contributed by atoms with Crippen LogP contribution in [-0.2, 0) is 21.9 Å². The molecule has 2 amide bonds. The molecule has 2 aromatic rings. The molecule has 8 heteroatoms. The molecule has 2 atom stereocenters. The number of nitrogens with zero attached hydrogens (tertiary/aromatic N) is 2. The third kappa shape index (κ3) is 7.71. The van der Waals surface area contributed by atoms with E-state index in [-0.39, 0.29) is 29.3 Å². The van der Waals surface area contributed by atoms with E-state index in [0.29, 0.717) is 12.3 Å². The molecule has 0 unspecified atom stereocenters. The fraction of sp³-hybridized carbons (Fsp3) is 0.391. The molecule has 0 aliphatic rings. The third-order valence-corrected chi connectivity index (χ3v) is 5.99. The van der Waals surface area contributed by atoms with Gasteiger partial charge >= 0.3 is 0 Å². The Morgan fingerprint density at radius 2 is 1.71 bits per heavy atom. The van der Waals surface area contributed by atoms with Crippen molar-refractivity contribution in [3.05, 3.63) is 75.8 Å². The molecule has 0 aliphatic carbocycles. The Kier molecular flexibility index (Phi) is 9.52. The SMILES string of the molecule is CC[C@H](C)NC(=O)[C@@H](C)N(Cc1ccccc1)C(=O)CSCc1ccc([N+](=O)[O-])cc1. The van der Waals surface area contributed by atoms with E-state index in [0.717, 1.165) is 17.5 Å². The highest BCUT2D eigenvalue weighted by atomic mass is 32.2. The molecule has 31 heavy (non-hydrogen) atoms. The molecule has 0 saturated carbocycles. The number of carbonyl (C=O) groups excluding carboxylic acids is 2. The average Bonchev–Trinajstić information content (AvgIpc) is 2.77. The van der Waals surface area contributed by atoms with Gasteiger partial charge in [-0.3, -0.25) is 19.7 Å². The second kappa shape index (κ2) is 12.1. The summed E-state index contributed by atoms with van der Waals surface area (Å²) in [5.74, 6) is 0.475.